The maximum Gasteiger partial charge on any atom is 0.276 e. The van der Waals surface area contributed by atoms with E-state index in [0.29, 0.717) is 11.4 Å². The molecule has 5 rings (SSSR count). The predicted molar refractivity (Wildman–Crippen MR) is 115 cm³/mol. The molecule has 1 fully saturated rings. The van der Waals surface area contributed by atoms with Gasteiger partial charge in [0.1, 0.15) is 16.6 Å². The zero-order valence-electron chi connectivity index (χ0n) is 17.8. The third kappa shape index (κ3) is 3.70. The molecule has 11 heteroatoms. The standard InChI is InChI=1S/C22H20F2N4O4S/c1-10-5-11(2)32-17-9-27-8-14(19(29)20(30)18(27)22(31)28(10)17)21-26-25-16(33-21)6-12-3-4-13(23)7-15(12)24/h3-4,7-8,10-11,17,30H,5-6,9H2,1-2H3/t10-,11-,17+/m1/s1. The Labute approximate surface area is 191 Å². The summed E-state index contributed by atoms with van der Waals surface area (Å²) >= 11 is 1.06. The maximum absolute atomic E-state index is 14.0. The molecule has 0 bridgehead atoms. The van der Waals surface area contributed by atoms with Gasteiger partial charge in [-0.1, -0.05) is 17.4 Å². The summed E-state index contributed by atoms with van der Waals surface area (Å²) in [6, 6.07) is 3.19. The minimum absolute atomic E-state index is 0.0272. The summed E-state index contributed by atoms with van der Waals surface area (Å²) in [7, 11) is 0. The lowest BCUT2D eigenvalue weighted by Gasteiger charge is -2.46. The molecule has 0 spiro atoms. The molecule has 0 aliphatic carbocycles. The molecule has 0 unspecified atom stereocenters. The second kappa shape index (κ2) is 7.99. The Morgan fingerprint density at radius 2 is 2.03 bits per heavy atom. The lowest BCUT2D eigenvalue weighted by Crippen LogP contribution is -2.58. The number of ether oxygens (including phenoxy) is 1. The van der Waals surface area contributed by atoms with Crippen LogP contribution in [0.2, 0.25) is 0 Å². The summed E-state index contributed by atoms with van der Waals surface area (Å²) in [6.07, 6.45) is 1.67. The van der Waals surface area contributed by atoms with Gasteiger partial charge in [0.15, 0.2) is 22.7 Å². The van der Waals surface area contributed by atoms with Gasteiger partial charge in [-0.15, -0.1) is 10.2 Å². The number of pyridine rings is 1. The molecular formula is C22H20F2N4O4S. The van der Waals surface area contributed by atoms with E-state index < -0.39 is 34.9 Å². The van der Waals surface area contributed by atoms with E-state index in [0.717, 1.165) is 23.5 Å². The highest BCUT2D eigenvalue weighted by atomic mass is 32.1. The normalized spacial score (nSPS) is 22.2. The van der Waals surface area contributed by atoms with E-state index in [9.17, 15) is 23.5 Å². The molecule has 3 atom stereocenters. The number of rotatable bonds is 3. The van der Waals surface area contributed by atoms with Crippen molar-refractivity contribution < 1.29 is 23.4 Å². The van der Waals surface area contributed by atoms with Crippen molar-refractivity contribution in [1.29, 1.82) is 0 Å². The van der Waals surface area contributed by atoms with E-state index in [-0.39, 0.29) is 46.9 Å². The fraction of sp³-hybridized carbons (Fsp3) is 0.364. The second-order valence-electron chi connectivity index (χ2n) is 8.33. The number of amides is 1. The van der Waals surface area contributed by atoms with Crippen LogP contribution >= 0.6 is 11.3 Å². The first-order valence-electron chi connectivity index (χ1n) is 10.4. The number of aromatic nitrogens is 3. The first-order valence-corrected chi connectivity index (χ1v) is 11.3. The first kappa shape index (κ1) is 21.7. The number of carbonyl (C=O) groups excluding carboxylic acids is 1. The molecule has 1 amide bonds. The minimum Gasteiger partial charge on any atom is -0.503 e. The molecule has 4 heterocycles. The van der Waals surface area contributed by atoms with E-state index >= 15 is 0 Å². The lowest BCUT2D eigenvalue weighted by atomic mass is 10.0. The van der Waals surface area contributed by atoms with Crippen molar-refractivity contribution in [3.63, 3.8) is 0 Å². The molecule has 2 aliphatic heterocycles. The van der Waals surface area contributed by atoms with E-state index in [2.05, 4.69) is 10.2 Å². The van der Waals surface area contributed by atoms with Crippen LogP contribution in [0.5, 0.6) is 5.75 Å². The number of halogens is 2. The van der Waals surface area contributed by atoms with Gasteiger partial charge in [-0.05, 0) is 31.9 Å². The van der Waals surface area contributed by atoms with Gasteiger partial charge in [-0.3, -0.25) is 9.59 Å². The maximum atomic E-state index is 14.0. The molecule has 3 aromatic rings. The molecule has 8 nitrogen and oxygen atoms in total. The summed E-state index contributed by atoms with van der Waals surface area (Å²) < 4.78 is 34.6. The Hall–Kier alpha value is -3.18. The van der Waals surface area contributed by atoms with Crippen LogP contribution in [0.3, 0.4) is 0 Å². The molecule has 1 N–H and O–H groups in total. The fourth-order valence-electron chi connectivity index (χ4n) is 4.45. The van der Waals surface area contributed by atoms with Crippen LogP contribution in [-0.2, 0) is 17.7 Å². The highest BCUT2D eigenvalue weighted by molar-refractivity contribution is 7.14. The van der Waals surface area contributed by atoms with Crippen LogP contribution in [0, 0.1) is 11.6 Å². The van der Waals surface area contributed by atoms with Crippen molar-refractivity contribution in [1.82, 2.24) is 19.7 Å². The molecule has 33 heavy (non-hydrogen) atoms. The third-order valence-electron chi connectivity index (χ3n) is 5.95. The van der Waals surface area contributed by atoms with Gasteiger partial charge in [0, 0.05) is 24.7 Å². The molecule has 2 aromatic heterocycles. The van der Waals surface area contributed by atoms with E-state index in [1.54, 1.807) is 4.90 Å². The molecule has 1 aromatic carbocycles. The van der Waals surface area contributed by atoms with Gasteiger partial charge in [-0.2, -0.15) is 0 Å². The number of carbonyl (C=O) groups is 1. The first-order chi connectivity index (χ1) is 15.7. The van der Waals surface area contributed by atoms with Gasteiger partial charge >= 0.3 is 0 Å². The number of nitrogens with zero attached hydrogens (tertiary/aromatic N) is 4. The van der Waals surface area contributed by atoms with Crippen molar-refractivity contribution in [2.24, 2.45) is 0 Å². The Morgan fingerprint density at radius 1 is 1.24 bits per heavy atom. The molecule has 0 radical (unpaired) electrons. The quantitative estimate of drug-likeness (QED) is 0.627. The van der Waals surface area contributed by atoms with Crippen LogP contribution in [0.4, 0.5) is 8.78 Å². The summed E-state index contributed by atoms with van der Waals surface area (Å²) in [6.45, 7) is 4.10. The van der Waals surface area contributed by atoms with Crippen molar-refractivity contribution in [2.45, 2.75) is 51.6 Å². The lowest BCUT2D eigenvalue weighted by molar-refractivity contribution is -0.146. The summed E-state index contributed by atoms with van der Waals surface area (Å²) in [5, 5.41) is 19.3. The van der Waals surface area contributed by atoms with Crippen LogP contribution < -0.4 is 5.43 Å². The topological polar surface area (TPSA) is 97.5 Å². The second-order valence-corrected chi connectivity index (χ2v) is 9.40. The van der Waals surface area contributed by atoms with Crippen LogP contribution in [-0.4, -0.2) is 49.1 Å². The summed E-state index contributed by atoms with van der Waals surface area (Å²) in [5.74, 6) is -2.48. The number of benzene rings is 1. The van der Waals surface area contributed by atoms with Crippen LogP contribution in [0.15, 0.2) is 29.2 Å². The van der Waals surface area contributed by atoms with Crippen molar-refractivity contribution >= 4 is 17.2 Å². The van der Waals surface area contributed by atoms with E-state index in [4.69, 9.17) is 4.74 Å². The third-order valence-corrected chi connectivity index (χ3v) is 6.90. The summed E-state index contributed by atoms with van der Waals surface area (Å²) in [5.41, 5.74) is -0.490. The molecule has 172 valence electrons. The van der Waals surface area contributed by atoms with Gasteiger partial charge in [-0.25, -0.2) is 8.78 Å². The Kier molecular flexibility index (Phi) is 5.25. The average Bonchev–Trinajstić information content (AvgIpc) is 3.20. The highest BCUT2D eigenvalue weighted by Gasteiger charge is 2.42. The predicted octanol–water partition coefficient (Wildman–Crippen LogP) is 2.92. The van der Waals surface area contributed by atoms with Crippen molar-refractivity contribution in [3.05, 3.63) is 62.5 Å². The number of fused-ring (bicyclic) bond motifs is 2. The van der Waals surface area contributed by atoms with E-state index in [1.165, 1.54) is 16.8 Å². The van der Waals surface area contributed by atoms with Crippen molar-refractivity contribution in [3.8, 4) is 16.3 Å². The van der Waals surface area contributed by atoms with Gasteiger partial charge in [0.25, 0.3) is 5.91 Å². The van der Waals surface area contributed by atoms with Crippen molar-refractivity contribution in [2.75, 3.05) is 0 Å². The minimum atomic E-state index is -0.734. The van der Waals surface area contributed by atoms with Gasteiger partial charge in [0.2, 0.25) is 5.43 Å². The SMILES string of the molecule is C[C@@H]1C[C@@H](C)N2C(=O)c3c(O)c(=O)c(-c4nnc(Cc5ccc(F)cc5F)s4)cn3C[C@@H]2O1. The fourth-order valence-corrected chi connectivity index (χ4v) is 5.32. The zero-order valence-corrected chi connectivity index (χ0v) is 18.6. The summed E-state index contributed by atoms with van der Waals surface area (Å²) in [4.78, 5) is 27.6. The Morgan fingerprint density at radius 3 is 2.79 bits per heavy atom. The Bertz CT molecular complexity index is 1320. The zero-order chi connectivity index (χ0) is 23.4. The van der Waals surface area contributed by atoms with Crippen LogP contribution in [0.25, 0.3) is 10.6 Å². The number of hydrogen-bond acceptors (Lipinski definition) is 7. The number of hydrogen-bond donors (Lipinski definition) is 1. The smallest absolute Gasteiger partial charge is 0.276 e. The van der Waals surface area contributed by atoms with E-state index in [1.807, 2.05) is 13.8 Å². The largest absolute Gasteiger partial charge is 0.503 e. The van der Waals surface area contributed by atoms with Crippen LogP contribution in [0.1, 0.15) is 41.3 Å². The monoisotopic (exact) mass is 474 g/mol. The number of aromatic hydroxyl groups is 1. The van der Waals surface area contributed by atoms with Gasteiger partial charge < -0.3 is 19.3 Å². The molecule has 0 saturated carbocycles. The molecule has 1 saturated heterocycles. The molecule has 2 aliphatic rings. The highest BCUT2D eigenvalue weighted by Crippen LogP contribution is 2.33. The Balaban J connectivity index is 1.50. The average molecular weight is 474 g/mol. The molecular weight excluding hydrogens is 454 g/mol. The van der Waals surface area contributed by atoms with Gasteiger partial charge in [0.05, 0.1) is 18.2 Å².